The van der Waals surface area contributed by atoms with Gasteiger partial charge in [-0.2, -0.15) is 0 Å². The van der Waals surface area contributed by atoms with Crippen LogP contribution in [0.4, 0.5) is 0 Å². The number of hydrogen-bond acceptors (Lipinski definition) is 3. The zero-order valence-electron chi connectivity index (χ0n) is 16.9. The van der Waals surface area contributed by atoms with E-state index in [1.807, 2.05) is 0 Å². The highest BCUT2D eigenvalue weighted by molar-refractivity contribution is 5.33. The third-order valence-electron chi connectivity index (χ3n) is 10.1. The lowest BCUT2D eigenvalue weighted by Gasteiger charge is -2.53. The maximum absolute atomic E-state index is 10.3. The molecule has 1 aliphatic heterocycles. The fraction of sp³-hybridized carbons (Fsp3) is 0.917. The van der Waals surface area contributed by atoms with Crippen molar-refractivity contribution in [1.29, 1.82) is 0 Å². The molecule has 3 heteroatoms. The van der Waals surface area contributed by atoms with Gasteiger partial charge in [-0.05, 0) is 105 Å². The van der Waals surface area contributed by atoms with Crippen molar-refractivity contribution in [2.45, 2.75) is 96.1 Å². The van der Waals surface area contributed by atoms with Crippen molar-refractivity contribution < 1.29 is 14.6 Å². The Kier molecular flexibility index (Phi) is 3.77. The van der Waals surface area contributed by atoms with Gasteiger partial charge in [0.05, 0.1) is 12.2 Å². The summed E-state index contributed by atoms with van der Waals surface area (Å²) in [6.45, 7) is 3.40. The number of aliphatic hydroxyl groups excluding tert-OH is 1. The topological polar surface area (TPSA) is 38.7 Å². The van der Waals surface area contributed by atoms with Crippen LogP contribution in [-0.2, 0) is 9.47 Å². The molecule has 1 saturated heterocycles. The Balaban J connectivity index is 1.24. The van der Waals surface area contributed by atoms with Crippen LogP contribution < -0.4 is 0 Å². The Bertz CT molecular complexity index is 640. The minimum atomic E-state index is -0.0598. The monoisotopic (exact) mass is 372 g/mol. The number of fused-ring (bicyclic) bond motifs is 3. The summed E-state index contributed by atoms with van der Waals surface area (Å²) in [7, 11) is 0. The maximum Gasteiger partial charge on any atom is 0.157 e. The van der Waals surface area contributed by atoms with Gasteiger partial charge in [-0.15, -0.1) is 0 Å². The van der Waals surface area contributed by atoms with Crippen molar-refractivity contribution in [3.63, 3.8) is 0 Å². The number of rotatable bonds is 2. The Labute approximate surface area is 163 Å². The predicted octanol–water partition coefficient (Wildman–Crippen LogP) is 4.83. The molecule has 5 aliphatic carbocycles. The van der Waals surface area contributed by atoms with Gasteiger partial charge in [0.25, 0.3) is 0 Å². The SMILES string of the molecule is C[C@]12CC[C@H]3[C@@H](C=C[C@@]45C[C@@H](O)CC[C@]34C5)[C@@H]1CC[C@@H]2O[C@H]1CCCCO1. The molecule has 0 aromatic rings. The van der Waals surface area contributed by atoms with Crippen LogP contribution in [0.2, 0.25) is 0 Å². The first-order chi connectivity index (χ1) is 13.1. The highest BCUT2D eigenvalue weighted by Gasteiger charge is 2.74. The molecule has 4 saturated carbocycles. The highest BCUT2D eigenvalue weighted by Crippen LogP contribution is 2.81. The zero-order valence-corrected chi connectivity index (χ0v) is 16.9. The largest absolute Gasteiger partial charge is 0.393 e. The van der Waals surface area contributed by atoms with Crippen molar-refractivity contribution in [1.82, 2.24) is 0 Å². The van der Waals surface area contributed by atoms with E-state index in [9.17, 15) is 5.11 Å². The molecule has 3 nitrogen and oxygen atoms in total. The maximum atomic E-state index is 10.3. The lowest BCUT2D eigenvalue weighted by Crippen LogP contribution is -2.49. The summed E-state index contributed by atoms with van der Waals surface area (Å²) in [5, 5.41) is 10.3. The van der Waals surface area contributed by atoms with Crippen LogP contribution in [0.1, 0.15) is 77.6 Å². The second-order valence-corrected chi connectivity index (χ2v) is 11.1. The van der Waals surface area contributed by atoms with E-state index in [-0.39, 0.29) is 12.4 Å². The van der Waals surface area contributed by atoms with E-state index in [4.69, 9.17) is 9.47 Å². The van der Waals surface area contributed by atoms with Crippen LogP contribution in [-0.4, -0.2) is 30.2 Å². The zero-order chi connectivity index (χ0) is 18.3. The lowest BCUT2D eigenvalue weighted by molar-refractivity contribution is -0.214. The minimum Gasteiger partial charge on any atom is -0.393 e. The molecular formula is C24H36O3. The Hall–Kier alpha value is -0.380. The molecule has 1 heterocycles. The average Bonchev–Trinajstić information content (AvgIpc) is 3.25. The first-order valence-electron chi connectivity index (χ1n) is 11.7. The van der Waals surface area contributed by atoms with Gasteiger partial charge in [-0.25, -0.2) is 0 Å². The smallest absolute Gasteiger partial charge is 0.157 e. The Morgan fingerprint density at radius 1 is 1.04 bits per heavy atom. The predicted molar refractivity (Wildman–Crippen MR) is 104 cm³/mol. The van der Waals surface area contributed by atoms with Gasteiger partial charge in [0.2, 0.25) is 0 Å². The molecule has 150 valence electrons. The molecule has 0 amide bonds. The highest BCUT2D eigenvalue weighted by atomic mass is 16.7. The van der Waals surface area contributed by atoms with Gasteiger partial charge >= 0.3 is 0 Å². The van der Waals surface area contributed by atoms with Crippen molar-refractivity contribution in [3.05, 3.63) is 12.2 Å². The van der Waals surface area contributed by atoms with Gasteiger partial charge in [0.1, 0.15) is 0 Å². The van der Waals surface area contributed by atoms with Crippen molar-refractivity contribution in [3.8, 4) is 0 Å². The van der Waals surface area contributed by atoms with Gasteiger partial charge in [0, 0.05) is 6.61 Å². The van der Waals surface area contributed by atoms with E-state index >= 15 is 0 Å². The van der Waals surface area contributed by atoms with Crippen LogP contribution in [0, 0.1) is 34.0 Å². The molecule has 0 spiro atoms. The summed E-state index contributed by atoms with van der Waals surface area (Å²) < 4.78 is 12.5. The Morgan fingerprint density at radius 3 is 2.81 bits per heavy atom. The number of allylic oxidation sites excluding steroid dienone is 2. The van der Waals surface area contributed by atoms with Crippen molar-refractivity contribution in [2.75, 3.05) is 6.61 Å². The van der Waals surface area contributed by atoms with Gasteiger partial charge in [0.15, 0.2) is 6.29 Å². The van der Waals surface area contributed by atoms with E-state index in [1.165, 1.54) is 51.4 Å². The summed E-state index contributed by atoms with van der Waals surface area (Å²) >= 11 is 0. The van der Waals surface area contributed by atoms with Crippen LogP contribution in [0.15, 0.2) is 12.2 Å². The van der Waals surface area contributed by atoms with Crippen LogP contribution >= 0.6 is 0 Å². The summed E-state index contributed by atoms with van der Waals surface area (Å²) in [6, 6.07) is 0. The normalized spacial score (nSPS) is 58.7. The first-order valence-corrected chi connectivity index (χ1v) is 11.7. The summed E-state index contributed by atoms with van der Waals surface area (Å²) in [4.78, 5) is 0. The molecule has 9 atom stereocenters. The standard InChI is InChI=1S/C24H36O3/c1-22-10-9-19-17(8-11-23-14-16(25)7-12-24(19,23)15-23)18(22)5-6-20(22)27-21-4-2-3-13-26-21/h8,11,16-21,25H,2-7,9-10,12-15H2,1H3/t16-,17-,18-,19-,20-,21-,22-,23-,24-/m0/s1. The fourth-order valence-corrected chi connectivity index (χ4v) is 8.64. The minimum absolute atomic E-state index is 0.0495. The molecule has 6 aliphatic rings. The van der Waals surface area contributed by atoms with Gasteiger partial charge in [-0.3, -0.25) is 0 Å². The summed E-state index contributed by atoms with van der Waals surface area (Å²) in [6.07, 6.45) is 19.0. The van der Waals surface area contributed by atoms with E-state index in [1.54, 1.807) is 0 Å². The van der Waals surface area contributed by atoms with E-state index in [0.717, 1.165) is 43.6 Å². The summed E-state index contributed by atoms with van der Waals surface area (Å²) in [5.41, 5.74) is 1.23. The molecule has 1 N–H and O–H groups in total. The molecular weight excluding hydrogens is 336 g/mol. The van der Waals surface area contributed by atoms with E-state index < -0.39 is 0 Å². The third kappa shape index (κ3) is 2.31. The molecule has 5 fully saturated rings. The lowest BCUT2D eigenvalue weighted by atomic mass is 9.52. The van der Waals surface area contributed by atoms with Gasteiger partial charge in [-0.1, -0.05) is 19.1 Å². The van der Waals surface area contributed by atoms with Crippen molar-refractivity contribution >= 4 is 0 Å². The quantitative estimate of drug-likeness (QED) is 0.706. The molecule has 0 aromatic heterocycles. The molecule has 0 aromatic carbocycles. The number of ether oxygens (including phenoxy) is 2. The number of aliphatic hydroxyl groups is 1. The molecule has 27 heavy (non-hydrogen) atoms. The van der Waals surface area contributed by atoms with Crippen LogP contribution in [0.5, 0.6) is 0 Å². The Morgan fingerprint density at radius 2 is 1.96 bits per heavy atom. The third-order valence-corrected chi connectivity index (χ3v) is 10.1. The van der Waals surface area contributed by atoms with Crippen LogP contribution in [0.25, 0.3) is 0 Å². The van der Waals surface area contributed by atoms with Gasteiger partial charge < -0.3 is 14.6 Å². The first kappa shape index (κ1) is 17.5. The molecule has 6 rings (SSSR count). The average molecular weight is 373 g/mol. The number of hydrogen-bond donors (Lipinski definition) is 1. The molecule has 0 bridgehead atoms. The van der Waals surface area contributed by atoms with Crippen LogP contribution in [0.3, 0.4) is 0 Å². The summed E-state index contributed by atoms with van der Waals surface area (Å²) in [5.74, 6) is 2.38. The fourth-order valence-electron chi connectivity index (χ4n) is 8.64. The second kappa shape index (κ2) is 5.83. The van der Waals surface area contributed by atoms with Crippen molar-refractivity contribution in [2.24, 2.45) is 34.0 Å². The molecule has 0 unspecified atom stereocenters. The molecule has 0 radical (unpaired) electrons. The van der Waals surface area contributed by atoms with E-state index in [2.05, 4.69) is 19.1 Å². The second-order valence-electron chi connectivity index (χ2n) is 11.1. The van der Waals surface area contributed by atoms with E-state index in [0.29, 0.717) is 22.3 Å².